The standard InChI is InChI=1S/C20H31N2O9P/c1-19(2,3)15-10-13(21-22-15)18(25)28-12-30-32(26)29-11-20(4,5)17(31-32)14(23)8-7-9-16(24)27-6/h10,17H,7-9,11-12H2,1-6H3,(H,21,22)/t17-,32+/m0/s1. The first-order valence-corrected chi connectivity index (χ1v) is 11.6. The molecule has 0 radical (unpaired) electrons. The molecule has 12 heteroatoms. The Hall–Kier alpha value is -2.07. The zero-order chi connectivity index (χ0) is 24.2. The molecular formula is C20H31N2O9P. The van der Waals surface area contributed by atoms with Crippen LogP contribution in [0, 0.1) is 5.41 Å². The monoisotopic (exact) mass is 474 g/mol. The number of nitrogens with zero attached hydrogens (tertiary/aromatic N) is 1. The quantitative estimate of drug-likeness (QED) is 0.322. The summed E-state index contributed by atoms with van der Waals surface area (Å²) < 4.78 is 38.0. The van der Waals surface area contributed by atoms with Gasteiger partial charge in [-0.1, -0.05) is 34.6 Å². The number of phosphoric acid groups is 1. The molecule has 0 bridgehead atoms. The van der Waals surface area contributed by atoms with Crippen molar-refractivity contribution in [2.75, 3.05) is 20.5 Å². The molecule has 1 aliphatic rings. The Kier molecular flexibility index (Phi) is 8.38. The molecule has 0 saturated carbocycles. The maximum absolute atomic E-state index is 12.8. The lowest BCUT2D eigenvalue weighted by Crippen LogP contribution is -2.44. The van der Waals surface area contributed by atoms with Crippen molar-refractivity contribution in [3.05, 3.63) is 17.5 Å². The van der Waals surface area contributed by atoms with E-state index in [1.807, 2.05) is 20.8 Å². The Morgan fingerprint density at radius 3 is 2.56 bits per heavy atom. The minimum absolute atomic E-state index is 0.0352. The van der Waals surface area contributed by atoms with Gasteiger partial charge in [0.2, 0.25) is 6.79 Å². The summed E-state index contributed by atoms with van der Waals surface area (Å²) in [6.45, 7) is 8.54. The van der Waals surface area contributed by atoms with Crippen molar-refractivity contribution in [3.8, 4) is 0 Å². The Bertz CT molecular complexity index is 888. The topological polar surface area (TPSA) is 143 Å². The lowest BCUT2D eigenvalue weighted by atomic mass is 9.84. The number of H-pyrrole nitrogens is 1. The van der Waals surface area contributed by atoms with Crippen molar-refractivity contribution in [2.45, 2.75) is 65.4 Å². The number of methoxy groups -OCH3 is 1. The first-order valence-electron chi connectivity index (χ1n) is 10.2. The van der Waals surface area contributed by atoms with E-state index in [1.165, 1.54) is 7.11 Å². The predicted octanol–water partition coefficient (Wildman–Crippen LogP) is 3.30. The van der Waals surface area contributed by atoms with Gasteiger partial charge < -0.3 is 9.47 Å². The van der Waals surface area contributed by atoms with Gasteiger partial charge in [-0.2, -0.15) is 5.10 Å². The number of aromatic amines is 1. The Morgan fingerprint density at radius 2 is 1.97 bits per heavy atom. The number of ketones is 1. The van der Waals surface area contributed by atoms with Crippen LogP contribution in [0.5, 0.6) is 0 Å². The normalized spacial score (nSPS) is 22.9. The number of carbonyl (C=O) groups is 3. The highest BCUT2D eigenvalue weighted by Crippen LogP contribution is 2.57. The highest BCUT2D eigenvalue weighted by Gasteiger charge is 2.48. The second-order valence-electron chi connectivity index (χ2n) is 9.19. The number of esters is 2. The van der Waals surface area contributed by atoms with Gasteiger partial charge in [-0.15, -0.1) is 0 Å². The Balaban J connectivity index is 1.91. The maximum atomic E-state index is 12.8. The number of phosphoric ester groups is 1. The van der Waals surface area contributed by atoms with Gasteiger partial charge in [0, 0.05) is 29.4 Å². The second kappa shape index (κ2) is 10.2. The van der Waals surface area contributed by atoms with Crippen LogP contribution in [0.2, 0.25) is 0 Å². The molecule has 1 aromatic heterocycles. The summed E-state index contributed by atoms with van der Waals surface area (Å²) in [7, 11) is -2.88. The molecule has 0 unspecified atom stereocenters. The molecule has 180 valence electrons. The van der Waals surface area contributed by atoms with Crippen LogP contribution in [-0.4, -0.2) is 54.5 Å². The molecule has 2 heterocycles. The minimum atomic E-state index is -4.15. The van der Waals surface area contributed by atoms with Crippen molar-refractivity contribution in [1.29, 1.82) is 0 Å². The van der Waals surface area contributed by atoms with Crippen LogP contribution < -0.4 is 0 Å². The number of carbonyl (C=O) groups excluding carboxylic acids is 3. The van der Waals surface area contributed by atoms with Crippen LogP contribution in [0.3, 0.4) is 0 Å². The number of hydrogen-bond donors (Lipinski definition) is 1. The fraction of sp³-hybridized carbons (Fsp3) is 0.700. The smallest absolute Gasteiger partial charge is 0.469 e. The molecule has 2 atom stereocenters. The number of rotatable bonds is 9. The van der Waals surface area contributed by atoms with Gasteiger partial charge in [0.15, 0.2) is 11.5 Å². The van der Waals surface area contributed by atoms with E-state index in [2.05, 4.69) is 14.9 Å². The molecular weight excluding hydrogens is 443 g/mol. The van der Waals surface area contributed by atoms with Gasteiger partial charge >= 0.3 is 19.8 Å². The third-order valence-corrected chi connectivity index (χ3v) is 6.19. The van der Waals surface area contributed by atoms with E-state index in [-0.39, 0.29) is 42.8 Å². The molecule has 11 nitrogen and oxygen atoms in total. The molecule has 32 heavy (non-hydrogen) atoms. The SMILES string of the molecule is COC(=O)CCCC(=O)[C@@H]1O[P@@](=O)(OCOC(=O)c2cc(C(C)(C)C)[nH]n2)OCC1(C)C. The summed E-state index contributed by atoms with van der Waals surface area (Å²) in [5.41, 5.74) is -0.217. The molecule has 2 rings (SSSR count). The number of Topliss-reactive ketones (excluding diaryl/α,β-unsaturated/α-hetero) is 1. The summed E-state index contributed by atoms with van der Waals surface area (Å²) in [5, 5.41) is 6.67. The third-order valence-electron chi connectivity index (χ3n) is 4.86. The average Bonchev–Trinajstić information content (AvgIpc) is 3.21. The molecule has 1 N–H and O–H groups in total. The summed E-state index contributed by atoms with van der Waals surface area (Å²) in [6.07, 6.45) is -0.685. The zero-order valence-corrected chi connectivity index (χ0v) is 20.2. The Labute approximate surface area is 187 Å². The summed E-state index contributed by atoms with van der Waals surface area (Å²) in [6, 6.07) is 1.56. The minimum Gasteiger partial charge on any atom is -0.469 e. The average molecular weight is 474 g/mol. The molecule has 0 aromatic carbocycles. The fourth-order valence-corrected chi connectivity index (χ4v) is 4.38. The lowest BCUT2D eigenvalue weighted by molar-refractivity contribution is -0.142. The molecule has 1 saturated heterocycles. The highest BCUT2D eigenvalue weighted by molar-refractivity contribution is 7.48. The first-order chi connectivity index (χ1) is 14.8. The van der Waals surface area contributed by atoms with E-state index in [9.17, 15) is 18.9 Å². The zero-order valence-electron chi connectivity index (χ0n) is 19.3. The van der Waals surface area contributed by atoms with Crippen molar-refractivity contribution in [1.82, 2.24) is 10.2 Å². The van der Waals surface area contributed by atoms with E-state index < -0.39 is 38.1 Å². The van der Waals surface area contributed by atoms with Gasteiger partial charge in [0.05, 0.1) is 13.7 Å². The Morgan fingerprint density at radius 1 is 1.28 bits per heavy atom. The van der Waals surface area contributed by atoms with E-state index in [0.717, 1.165) is 5.69 Å². The molecule has 1 aromatic rings. The molecule has 0 aliphatic carbocycles. The van der Waals surface area contributed by atoms with Gasteiger partial charge in [-0.3, -0.25) is 23.7 Å². The summed E-state index contributed by atoms with van der Waals surface area (Å²) >= 11 is 0. The number of hydrogen-bond acceptors (Lipinski definition) is 10. The highest BCUT2D eigenvalue weighted by atomic mass is 31.2. The van der Waals surface area contributed by atoms with Crippen LogP contribution in [0.4, 0.5) is 0 Å². The molecule has 1 fully saturated rings. The molecule has 1 aliphatic heterocycles. The summed E-state index contributed by atoms with van der Waals surface area (Å²) in [4.78, 5) is 36.0. The number of ether oxygens (including phenoxy) is 2. The molecule has 0 spiro atoms. The predicted molar refractivity (Wildman–Crippen MR) is 112 cm³/mol. The van der Waals surface area contributed by atoms with Crippen LogP contribution in [0.1, 0.15) is 70.1 Å². The van der Waals surface area contributed by atoms with Crippen LogP contribution in [0.25, 0.3) is 0 Å². The van der Waals surface area contributed by atoms with E-state index in [1.54, 1.807) is 19.9 Å². The van der Waals surface area contributed by atoms with E-state index >= 15 is 0 Å². The van der Waals surface area contributed by atoms with Crippen LogP contribution in [-0.2, 0) is 42.6 Å². The van der Waals surface area contributed by atoms with Gasteiger partial charge in [0.25, 0.3) is 0 Å². The first kappa shape index (κ1) is 26.2. The second-order valence-corrected chi connectivity index (χ2v) is 10.8. The van der Waals surface area contributed by atoms with Crippen LogP contribution in [0.15, 0.2) is 6.07 Å². The van der Waals surface area contributed by atoms with E-state index in [4.69, 9.17) is 18.3 Å². The lowest BCUT2D eigenvalue weighted by Gasteiger charge is -2.39. The number of aromatic nitrogens is 2. The number of nitrogens with one attached hydrogen (secondary N) is 1. The van der Waals surface area contributed by atoms with Gasteiger partial charge in [-0.05, 0) is 12.5 Å². The van der Waals surface area contributed by atoms with Crippen molar-refractivity contribution in [2.24, 2.45) is 5.41 Å². The fourth-order valence-electron chi connectivity index (χ4n) is 2.85. The largest absolute Gasteiger partial charge is 0.478 e. The van der Waals surface area contributed by atoms with Crippen molar-refractivity contribution in [3.63, 3.8) is 0 Å². The van der Waals surface area contributed by atoms with Gasteiger partial charge in [0.1, 0.15) is 6.10 Å². The van der Waals surface area contributed by atoms with Gasteiger partial charge in [-0.25, -0.2) is 13.9 Å². The maximum Gasteiger partial charge on any atom is 0.478 e. The van der Waals surface area contributed by atoms with E-state index in [0.29, 0.717) is 0 Å². The molecule has 0 amide bonds. The van der Waals surface area contributed by atoms with Crippen molar-refractivity contribution < 1.29 is 42.0 Å². The third kappa shape index (κ3) is 6.96. The summed E-state index contributed by atoms with van der Waals surface area (Å²) in [5.74, 6) is -1.54. The van der Waals surface area contributed by atoms with Crippen molar-refractivity contribution >= 4 is 25.5 Å². The van der Waals surface area contributed by atoms with Crippen LogP contribution >= 0.6 is 7.82 Å².